The van der Waals surface area contributed by atoms with E-state index in [1.165, 1.54) is 0 Å². The fourth-order valence-corrected chi connectivity index (χ4v) is 3.97. The van der Waals surface area contributed by atoms with Crippen LogP contribution in [-0.2, 0) is 15.6 Å². The maximum absolute atomic E-state index is 12.2. The monoisotopic (exact) mass is 364 g/mol. The quantitative estimate of drug-likeness (QED) is 0.588. The highest BCUT2D eigenvalue weighted by atomic mass is 32.2. The van der Waals surface area contributed by atoms with Gasteiger partial charge in [0, 0.05) is 50.8 Å². The zero-order valence-corrected chi connectivity index (χ0v) is 15.8. The van der Waals surface area contributed by atoms with Crippen molar-refractivity contribution in [2.75, 3.05) is 39.5 Å². The molecule has 1 heterocycles. The number of aliphatic imine (C=N–C) groups is 1. The third-order valence-corrected chi connectivity index (χ3v) is 5.83. The van der Waals surface area contributed by atoms with E-state index in [-0.39, 0.29) is 5.91 Å². The minimum absolute atomic E-state index is 0.115. The molecule has 1 aliphatic rings. The van der Waals surface area contributed by atoms with E-state index in [2.05, 4.69) is 20.5 Å². The summed E-state index contributed by atoms with van der Waals surface area (Å²) in [5.41, 5.74) is 0. The Hall–Kier alpha value is -1.89. The topological polar surface area (TPSA) is 73.8 Å². The first-order chi connectivity index (χ1) is 12.1. The average molecular weight is 365 g/mol. The van der Waals surface area contributed by atoms with Gasteiger partial charge in [-0.1, -0.05) is 18.2 Å². The number of benzene rings is 1. The van der Waals surface area contributed by atoms with Crippen LogP contribution in [0.15, 0.2) is 40.2 Å². The van der Waals surface area contributed by atoms with Crippen LogP contribution in [0.4, 0.5) is 0 Å². The summed E-state index contributed by atoms with van der Waals surface area (Å²) in [5.74, 6) is 1.96. The molecule has 1 saturated heterocycles. The Bertz CT molecular complexity index is 598. The van der Waals surface area contributed by atoms with E-state index in [0.29, 0.717) is 24.6 Å². The molecule has 1 unspecified atom stereocenters. The normalized spacial score (nSPS) is 17.2. The molecule has 0 radical (unpaired) electrons. The zero-order chi connectivity index (χ0) is 18.1. The Morgan fingerprint density at radius 1 is 1.28 bits per heavy atom. The molecule has 1 amide bonds. The summed E-state index contributed by atoms with van der Waals surface area (Å²) in [5, 5.41) is 6.00. The smallest absolute Gasteiger partial charge is 0.220 e. The van der Waals surface area contributed by atoms with Crippen LogP contribution in [0.5, 0.6) is 0 Å². The number of nitrogens with one attached hydrogen (secondary N) is 2. The molecule has 7 heteroatoms. The molecule has 2 N–H and O–H groups in total. The maximum Gasteiger partial charge on any atom is 0.220 e. The standard InChI is InChI=1S/C18H28N4O2S/c1-19-17(23)14-15-8-11-22(12-9-15)18(20-2)21-10-13-25(24)16-6-4-3-5-7-16/h3-7,15H,8-14H2,1-2H3,(H,19,23)(H,20,21). The minimum Gasteiger partial charge on any atom is -0.359 e. The lowest BCUT2D eigenvalue weighted by Gasteiger charge is -2.34. The van der Waals surface area contributed by atoms with Crippen molar-refractivity contribution < 1.29 is 9.00 Å². The van der Waals surface area contributed by atoms with Gasteiger partial charge in [-0.25, -0.2) is 0 Å². The molecule has 2 rings (SSSR count). The third kappa shape index (κ3) is 6.16. The molecular weight excluding hydrogens is 336 g/mol. The highest BCUT2D eigenvalue weighted by Gasteiger charge is 2.23. The van der Waals surface area contributed by atoms with Gasteiger partial charge in [0.1, 0.15) is 0 Å². The van der Waals surface area contributed by atoms with Gasteiger partial charge in [0.25, 0.3) is 0 Å². The van der Waals surface area contributed by atoms with Crippen LogP contribution < -0.4 is 10.6 Å². The van der Waals surface area contributed by atoms with Crippen molar-refractivity contribution in [1.82, 2.24) is 15.5 Å². The van der Waals surface area contributed by atoms with E-state index in [1.54, 1.807) is 14.1 Å². The van der Waals surface area contributed by atoms with Gasteiger partial charge < -0.3 is 15.5 Å². The number of rotatable bonds is 6. The fourth-order valence-electron chi connectivity index (χ4n) is 2.99. The summed E-state index contributed by atoms with van der Waals surface area (Å²) < 4.78 is 12.2. The Kier molecular flexibility index (Phi) is 7.91. The number of nitrogens with zero attached hydrogens (tertiary/aromatic N) is 2. The van der Waals surface area contributed by atoms with E-state index < -0.39 is 10.8 Å². The van der Waals surface area contributed by atoms with Gasteiger partial charge >= 0.3 is 0 Å². The highest BCUT2D eigenvalue weighted by Crippen LogP contribution is 2.20. The van der Waals surface area contributed by atoms with Crippen LogP contribution in [0.1, 0.15) is 19.3 Å². The second-order valence-corrected chi connectivity index (χ2v) is 7.72. The fraction of sp³-hybridized carbons (Fsp3) is 0.556. The molecule has 25 heavy (non-hydrogen) atoms. The molecule has 0 spiro atoms. The number of carbonyl (C=O) groups is 1. The van der Waals surface area contributed by atoms with Crippen LogP contribution in [0.25, 0.3) is 0 Å². The van der Waals surface area contributed by atoms with Gasteiger partial charge in [-0.05, 0) is 30.9 Å². The minimum atomic E-state index is -1.00. The average Bonchev–Trinajstić information content (AvgIpc) is 2.66. The van der Waals surface area contributed by atoms with Crippen molar-refractivity contribution >= 4 is 22.7 Å². The van der Waals surface area contributed by atoms with Crippen molar-refractivity contribution in [2.45, 2.75) is 24.2 Å². The van der Waals surface area contributed by atoms with Crippen molar-refractivity contribution in [3.05, 3.63) is 30.3 Å². The molecule has 1 aromatic rings. The molecule has 0 aromatic heterocycles. The third-order valence-electron chi connectivity index (χ3n) is 4.46. The first-order valence-corrected chi connectivity index (χ1v) is 10.1. The first kappa shape index (κ1) is 19.4. The number of carbonyl (C=O) groups excluding carboxylic acids is 1. The molecule has 138 valence electrons. The number of amides is 1. The Balaban J connectivity index is 1.74. The van der Waals surface area contributed by atoms with Crippen molar-refractivity contribution in [3.8, 4) is 0 Å². The lowest BCUT2D eigenvalue weighted by atomic mass is 9.93. The Morgan fingerprint density at radius 2 is 1.96 bits per heavy atom. The predicted octanol–water partition coefficient (Wildman–Crippen LogP) is 1.22. The van der Waals surface area contributed by atoms with Gasteiger partial charge in [-0.15, -0.1) is 0 Å². The van der Waals surface area contributed by atoms with Crippen molar-refractivity contribution in [3.63, 3.8) is 0 Å². The van der Waals surface area contributed by atoms with E-state index in [0.717, 1.165) is 36.8 Å². The second kappa shape index (κ2) is 10.2. The highest BCUT2D eigenvalue weighted by molar-refractivity contribution is 7.85. The summed E-state index contributed by atoms with van der Waals surface area (Å²) in [6.45, 7) is 2.40. The number of hydrogen-bond donors (Lipinski definition) is 2. The van der Waals surface area contributed by atoms with Crippen LogP contribution in [0, 0.1) is 5.92 Å². The summed E-state index contributed by atoms with van der Waals surface area (Å²) in [6, 6.07) is 9.52. The molecular formula is C18H28N4O2S. The molecule has 6 nitrogen and oxygen atoms in total. The summed E-state index contributed by atoms with van der Waals surface area (Å²) in [4.78, 5) is 18.9. The van der Waals surface area contributed by atoms with Gasteiger partial charge in [0.15, 0.2) is 5.96 Å². The Labute approximate surface area is 152 Å². The van der Waals surface area contributed by atoms with E-state index >= 15 is 0 Å². The van der Waals surface area contributed by atoms with Gasteiger partial charge in [-0.2, -0.15) is 0 Å². The molecule has 0 aliphatic carbocycles. The van der Waals surface area contributed by atoms with Crippen molar-refractivity contribution in [2.24, 2.45) is 10.9 Å². The van der Waals surface area contributed by atoms with Crippen LogP contribution >= 0.6 is 0 Å². The molecule has 1 aromatic carbocycles. The largest absolute Gasteiger partial charge is 0.359 e. The lowest BCUT2D eigenvalue weighted by molar-refractivity contribution is -0.121. The summed E-state index contributed by atoms with van der Waals surface area (Å²) >= 11 is 0. The van der Waals surface area contributed by atoms with Gasteiger partial charge in [0.05, 0.1) is 10.8 Å². The molecule has 0 saturated carbocycles. The van der Waals surface area contributed by atoms with Gasteiger partial charge in [0.2, 0.25) is 5.91 Å². The van der Waals surface area contributed by atoms with E-state index in [1.807, 2.05) is 30.3 Å². The molecule has 1 fully saturated rings. The number of likely N-dealkylation sites (tertiary alicyclic amines) is 1. The maximum atomic E-state index is 12.2. The predicted molar refractivity (Wildman–Crippen MR) is 102 cm³/mol. The molecule has 1 aliphatic heterocycles. The Morgan fingerprint density at radius 3 is 2.56 bits per heavy atom. The van der Waals surface area contributed by atoms with Crippen LogP contribution in [-0.4, -0.2) is 60.5 Å². The summed E-state index contributed by atoms with van der Waals surface area (Å²) in [7, 11) is 2.45. The van der Waals surface area contributed by atoms with E-state index in [4.69, 9.17) is 0 Å². The van der Waals surface area contributed by atoms with Gasteiger partial charge in [-0.3, -0.25) is 14.0 Å². The second-order valence-electron chi connectivity index (χ2n) is 6.14. The number of guanidine groups is 1. The zero-order valence-electron chi connectivity index (χ0n) is 15.0. The van der Waals surface area contributed by atoms with Crippen molar-refractivity contribution in [1.29, 1.82) is 0 Å². The number of piperidine rings is 1. The van der Waals surface area contributed by atoms with Crippen LogP contribution in [0.2, 0.25) is 0 Å². The van der Waals surface area contributed by atoms with Crippen LogP contribution in [0.3, 0.4) is 0 Å². The molecule has 1 atom stereocenters. The lowest BCUT2D eigenvalue weighted by Crippen LogP contribution is -2.46. The first-order valence-electron chi connectivity index (χ1n) is 8.73. The molecule has 0 bridgehead atoms. The SMILES string of the molecule is CN=C(NCCS(=O)c1ccccc1)N1CCC(CC(=O)NC)CC1. The summed E-state index contributed by atoms with van der Waals surface area (Å²) in [6.07, 6.45) is 2.58. The number of hydrogen-bond acceptors (Lipinski definition) is 3. The van der Waals surface area contributed by atoms with E-state index in [9.17, 15) is 9.00 Å².